The number of phenols is 1. The van der Waals surface area contributed by atoms with Crippen molar-refractivity contribution in [3.05, 3.63) is 29.8 Å². The van der Waals surface area contributed by atoms with E-state index >= 15 is 0 Å². The number of benzene rings is 1. The molecule has 0 amide bonds. The van der Waals surface area contributed by atoms with Crippen LogP contribution in [0.3, 0.4) is 0 Å². The van der Waals surface area contributed by atoms with Crippen LogP contribution >= 0.6 is 0 Å². The Hall–Kier alpha value is -1.02. The predicted molar refractivity (Wildman–Crippen MR) is 68.5 cm³/mol. The van der Waals surface area contributed by atoms with Crippen molar-refractivity contribution in [2.24, 2.45) is 5.92 Å². The standard InChI is InChI=1S/C14H23NO/c1-12(2)6-3-4-9-15-11-13-7-5-8-14(16)10-13/h5,7-8,10,12,15-16H,3-4,6,9,11H2,1-2H3. The van der Waals surface area contributed by atoms with E-state index in [4.69, 9.17) is 0 Å². The Labute approximate surface area is 98.7 Å². The van der Waals surface area contributed by atoms with Crippen molar-refractivity contribution in [1.82, 2.24) is 5.32 Å². The molecule has 0 atom stereocenters. The molecule has 1 aromatic carbocycles. The second-order valence-electron chi connectivity index (χ2n) is 4.74. The van der Waals surface area contributed by atoms with E-state index in [9.17, 15) is 5.11 Å². The van der Waals surface area contributed by atoms with Crippen LogP contribution in [0.25, 0.3) is 0 Å². The lowest BCUT2D eigenvalue weighted by molar-refractivity contribution is 0.473. The van der Waals surface area contributed by atoms with Crippen molar-refractivity contribution < 1.29 is 5.11 Å². The number of nitrogens with one attached hydrogen (secondary N) is 1. The molecule has 16 heavy (non-hydrogen) atoms. The molecule has 0 fully saturated rings. The molecular formula is C14H23NO. The van der Waals surface area contributed by atoms with Gasteiger partial charge in [-0.05, 0) is 36.6 Å². The topological polar surface area (TPSA) is 32.3 Å². The highest BCUT2D eigenvalue weighted by molar-refractivity contribution is 5.26. The average molecular weight is 221 g/mol. The molecule has 2 nitrogen and oxygen atoms in total. The summed E-state index contributed by atoms with van der Waals surface area (Å²) in [5, 5.41) is 12.7. The van der Waals surface area contributed by atoms with E-state index in [-0.39, 0.29) is 0 Å². The van der Waals surface area contributed by atoms with Crippen LogP contribution in [0.2, 0.25) is 0 Å². The van der Waals surface area contributed by atoms with Gasteiger partial charge in [-0.1, -0.05) is 38.8 Å². The van der Waals surface area contributed by atoms with Gasteiger partial charge in [-0.2, -0.15) is 0 Å². The highest BCUT2D eigenvalue weighted by atomic mass is 16.3. The molecule has 0 spiro atoms. The van der Waals surface area contributed by atoms with Crippen LogP contribution in [0.1, 0.15) is 38.7 Å². The van der Waals surface area contributed by atoms with Crippen LogP contribution < -0.4 is 5.32 Å². The quantitative estimate of drug-likeness (QED) is 0.692. The number of rotatable bonds is 7. The summed E-state index contributed by atoms with van der Waals surface area (Å²) in [7, 11) is 0. The fourth-order valence-electron chi connectivity index (χ4n) is 1.70. The van der Waals surface area contributed by atoms with Crippen LogP contribution in [-0.2, 0) is 6.54 Å². The van der Waals surface area contributed by atoms with E-state index < -0.39 is 0 Å². The van der Waals surface area contributed by atoms with Gasteiger partial charge in [0.05, 0.1) is 0 Å². The van der Waals surface area contributed by atoms with Crippen LogP contribution in [0.15, 0.2) is 24.3 Å². The smallest absolute Gasteiger partial charge is 0.115 e. The number of unbranched alkanes of at least 4 members (excludes halogenated alkanes) is 1. The molecule has 1 aromatic rings. The van der Waals surface area contributed by atoms with E-state index in [0.717, 1.165) is 24.6 Å². The molecule has 1 rings (SSSR count). The summed E-state index contributed by atoms with van der Waals surface area (Å²) in [5.41, 5.74) is 1.14. The average Bonchev–Trinajstić information content (AvgIpc) is 2.23. The van der Waals surface area contributed by atoms with Crippen LogP contribution in [0, 0.1) is 5.92 Å². The van der Waals surface area contributed by atoms with Crippen LogP contribution in [0.4, 0.5) is 0 Å². The Bertz CT molecular complexity index is 297. The van der Waals surface area contributed by atoms with Gasteiger partial charge in [-0.25, -0.2) is 0 Å². The lowest BCUT2D eigenvalue weighted by atomic mass is 10.1. The minimum atomic E-state index is 0.346. The van der Waals surface area contributed by atoms with E-state index in [1.165, 1.54) is 19.3 Å². The third-order valence-corrected chi connectivity index (χ3v) is 2.62. The Kier molecular flexibility index (Phi) is 5.94. The summed E-state index contributed by atoms with van der Waals surface area (Å²) in [6, 6.07) is 7.42. The first kappa shape index (κ1) is 13.0. The van der Waals surface area contributed by atoms with Gasteiger partial charge in [-0.15, -0.1) is 0 Å². The normalized spacial score (nSPS) is 10.9. The van der Waals surface area contributed by atoms with Crippen molar-refractivity contribution in [1.29, 1.82) is 0 Å². The van der Waals surface area contributed by atoms with Gasteiger partial charge in [0, 0.05) is 6.54 Å². The van der Waals surface area contributed by atoms with Gasteiger partial charge < -0.3 is 10.4 Å². The maximum atomic E-state index is 9.29. The largest absolute Gasteiger partial charge is 0.508 e. The van der Waals surface area contributed by atoms with E-state index in [1.807, 2.05) is 12.1 Å². The SMILES string of the molecule is CC(C)CCCCNCc1cccc(O)c1. The Morgan fingerprint density at radius 3 is 2.75 bits per heavy atom. The first-order valence-electron chi connectivity index (χ1n) is 6.17. The Morgan fingerprint density at radius 1 is 1.25 bits per heavy atom. The van der Waals surface area contributed by atoms with Gasteiger partial charge in [0.1, 0.15) is 5.75 Å². The van der Waals surface area contributed by atoms with Gasteiger partial charge >= 0.3 is 0 Å². The maximum absolute atomic E-state index is 9.29. The van der Waals surface area contributed by atoms with Crippen LogP contribution in [0.5, 0.6) is 5.75 Å². The summed E-state index contributed by atoms with van der Waals surface area (Å²) in [6.07, 6.45) is 3.84. The van der Waals surface area contributed by atoms with Crippen molar-refractivity contribution in [2.75, 3.05) is 6.54 Å². The van der Waals surface area contributed by atoms with Crippen molar-refractivity contribution in [2.45, 2.75) is 39.7 Å². The lowest BCUT2D eigenvalue weighted by Crippen LogP contribution is -2.14. The summed E-state index contributed by atoms with van der Waals surface area (Å²) in [4.78, 5) is 0. The molecule has 0 saturated heterocycles. The maximum Gasteiger partial charge on any atom is 0.115 e. The summed E-state index contributed by atoms with van der Waals surface area (Å²) in [6.45, 7) is 6.43. The molecule has 0 aliphatic heterocycles. The number of hydrogen-bond acceptors (Lipinski definition) is 2. The van der Waals surface area contributed by atoms with E-state index in [1.54, 1.807) is 12.1 Å². The predicted octanol–water partition coefficient (Wildman–Crippen LogP) is 3.31. The summed E-state index contributed by atoms with van der Waals surface area (Å²) in [5.74, 6) is 1.16. The van der Waals surface area contributed by atoms with Gasteiger partial charge in [0.15, 0.2) is 0 Å². The molecule has 0 aliphatic carbocycles. The Morgan fingerprint density at radius 2 is 2.06 bits per heavy atom. The Balaban J connectivity index is 2.07. The zero-order valence-corrected chi connectivity index (χ0v) is 10.4. The fraction of sp³-hybridized carbons (Fsp3) is 0.571. The number of phenolic OH excluding ortho intramolecular Hbond substituents is 1. The molecule has 0 radical (unpaired) electrons. The molecule has 0 bridgehead atoms. The van der Waals surface area contributed by atoms with E-state index in [2.05, 4.69) is 19.2 Å². The highest BCUT2D eigenvalue weighted by Gasteiger charge is 1.95. The summed E-state index contributed by atoms with van der Waals surface area (Å²) >= 11 is 0. The van der Waals surface area contributed by atoms with E-state index in [0.29, 0.717) is 5.75 Å². The second kappa shape index (κ2) is 7.29. The second-order valence-corrected chi connectivity index (χ2v) is 4.74. The first-order chi connectivity index (χ1) is 7.68. The fourth-order valence-corrected chi connectivity index (χ4v) is 1.70. The molecule has 0 saturated carbocycles. The zero-order chi connectivity index (χ0) is 11.8. The van der Waals surface area contributed by atoms with Crippen molar-refractivity contribution in [3.8, 4) is 5.75 Å². The van der Waals surface area contributed by atoms with Crippen LogP contribution in [-0.4, -0.2) is 11.7 Å². The molecular weight excluding hydrogens is 198 g/mol. The molecule has 2 heteroatoms. The third-order valence-electron chi connectivity index (χ3n) is 2.62. The molecule has 0 heterocycles. The molecule has 0 unspecified atom stereocenters. The molecule has 90 valence electrons. The monoisotopic (exact) mass is 221 g/mol. The van der Waals surface area contributed by atoms with Crippen molar-refractivity contribution >= 4 is 0 Å². The minimum Gasteiger partial charge on any atom is -0.508 e. The van der Waals surface area contributed by atoms with Gasteiger partial charge in [-0.3, -0.25) is 0 Å². The van der Waals surface area contributed by atoms with Gasteiger partial charge in [0.2, 0.25) is 0 Å². The molecule has 0 aliphatic rings. The molecule has 0 aromatic heterocycles. The third kappa shape index (κ3) is 5.76. The lowest BCUT2D eigenvalue weighted by Gasteiger charge is -2.06. The molecule has 2 N–H and O–H groups in total. The zero-order valence-electron chi connectivity index (χ0n) is 10.4. The highest BCUT2D eigenvalue weighted by Crippen LogP contribution is 2.10. The first-order valence-corrected chi connectivity index (χ1v) is 6.17. The van der Waals surface area contributed by atoms with Crippen molar-refractivity contribution in [3.63, 3.8) is 0 Å². The number of aromatic hydroxyl groups is 1. The summed E-state index contributed by atoms with van der Waals surface area (Å²) < 4.78 is 0. The minimum absolute atomic E-state index is 0.346. The van der Waals surface area contributed by atoms with Gasteiger partial charge in [0.25, 0.3) is 0 Å². The number of hydrogen-bond donors (Lipinski definition) is 2.